The highest BCUT2D eigenvalue weighted by Crippen LogP contribution is 2.21. The smallest absolute Gasteiger partial charge is 0.0855 e. The van der Waals surface area contributed by atoms with Crippen LogP contribution < -0.4 is 5.32 Å². The molecule has 2 rings (SSSR count). The summed E-state index contributed by atoms with van der Waals surface area (Å²) >= 11 is 0. The maximum Gasteiger partial charge on any atom is 0.0855 e. The van der Waals surface area contributed by atoms with E-state index in [1.54, 1.807) is 0 Å². The summed E-state index contributed by atoms with van der Waals surface area (Å²) in [4.78, 5) is 2.66. The van der Waals surface area contributed by atoms with Crippen molar-refractivity contribution in [2.75, 3.05) is 26.2 Å². The van der Waals surface area contributed by atoms with Crippen molar-refractivity contribution in [3.63, 3.8) is 0 Å². The third-order valence-electron chi connectivity index (χ3n) is 4.26. The second-order valence-corrected chi connectivity index (χ2v) is 5.46. The zero-order valence-corrected chi connectivity index (χ0v) is 11.5. The summed E-state index contributed by atoms with van der Waals surface area (Å²) in [7, 11) is 0. The Morgan fingerprint density at radius 1 is 1.41 bits per heavy atom. The highest BCUT2D eigenvalue weighted by Gasteiger charge is 2.32. The van der Waals surface area contributed by atoms with E-state index in [2.05, 4.69) is 24.1 Å². The minimum Gasteiger partial charge on any atom is -0.375 e. The zero-order chi connectivity index (χ0) is 12.1. The van der Waals surface area contributed by atoms with Gasteiger partial charge in [0.2, 0.25) is 0 Å². The van der Waals surface area contributed by atoms with Crippen LogP contribution in [-0.4, -0.2) is 49.3 Å². The molecule has 2 aliphatic heterocycles. The molecule has 0 radical (unpaired) electrons. The lowest BCUT2D eigenvalue weighted by atomic mass is 9.98. The number of hydrogen-bond donors (Lipinski definition) is 1. The molecule has 1 N–H and O–H groups in total. The summed E-state index contributed by atoms with van der Waals surface area (Å²) in [6.45, 7) is 9.06. The molecule has 3 atom stereocenters. The first-order valence-electron chi connectivity index (χ1n) is 7.44. The van der Waals surface area contributed by atoms with Gasteiger partial charge in [0.1, 0.15) is 0 Å². The van der Waals surface area contributed by atoms with Gasteiger partial charge >= 0.3 is 0 Å². The van der Waals surface area contributed by atoms with Crippen molar-refractivity contribution >= 4 is 0 Å². The van der Waals surface area contributed by atoms with Gasteiger partial charge in [0.05, 0.1) is 6.10 Å². The van der Waals surface area contributed by atoms with E-state index in [9.17, 15) is 0 Å². The van der Waals surface area contributed by atoms with Crippen LogP contribution in [0.5, 0.6) is 0 Å². The predicted octanol–water partition coefficient (Wildman–Crippen LogP) is 2.02. The average molecular weight is 240 g/mol. The fourth-order valence-corrected chi connectivity index (χ4v) is 3.25. The van der Waals surface area contributed by atoms with E-state index in [1.165, 1.54) is 38.6 Å². The number of likely N-dealkylation sites (tertiary alicyclic amines) is 1. The van der Waals surface area contributed by atoms with Crippen LogP contribution in [0.3, 0.4) is 0 Å². The van der Waals surface area contributed by atoms with Crippen LogP contribution in [0.2, 0.25) is 0 Å². The monoisotopic (exact) mass is 240 g/mol. The van der Waals surface area contributed by atoms with Gasteiger partial charge in [-0.15, -0.1) is 0 Å². The Hall–Kier alpha value is -0.120. The van der Waals surface area contributed by atoms with Crippen LogP contribution in [0.25, 0.3) is 0 Å². The lowest BCUT2D eigenvalue weighted by molar-refractivity contribution is -0.0225. The number of nitrogens with one attached hydrogen (secondary N) is 1. The Labute approximate surface area is 106 Å². The van der Waals surface area contributed by atoms with Crippen molar-refractivity contribution in [1.82, 2.24) is 10.2 Å². The van der Waals surface area contributed by atoms with E-state index < -0.39 is 0 Å². The van der Waals surface area contributed by atoms with Gasteiger partial charge in [-0.1, -0.05) is 20.3 Å². The number of hydrogen-bond acceptors (Lipinski definition) is 3. The summed E-state index contributed by atoms with van der Waals surface area (Å²) in [5, 5.41) is 3.64. The van der Waals surface area contributed by atoms with Crippen molar-refractivity contribution in [3.8, 4) is 0 Å². The molecular weight excluding hydrogens is 212 g/mol. The first kappa shape index (κ1) is 13.3. The van der Waals surface area contributed by atoms with Crippen molar-refractivity contribution in [3.05, 3.63) is 0 Å². The largest absolute Gasteiger partial charge is 0.375 e. The molecule has 0 aromatic rings. The normalized spacial score (nSPS) is 32.8. The summed E-state index contributed by atoms with van der Waals surface area (Å²) in [6.07, 6.45) is 6.75. The van der Waals surface area contributed by atoms with Crippen LogP contribution >= 0.6 is 0 Å². The van der Waals surface area contributed by atoms with Crippen molar-refractivity contribution in [2.45, 2.75) is 64.1 Å². The second-order valence-electron chi connectivity index (χ2n) is 5.46. The minimum atomic E-state index is 0.428. The van der Waals surface area contributed by atoms with Crippen molar-refractivity contribution in [2.24, 2.45) is 0 Å². The van der Waals surface area contributed by atoms with Crippen molar-refractivity contribution in [1.29, 1.82) is 0 Å². The maximum absolute atomic E-state index is 6.01. The Balaban J connectivity index is 1.90. The second kappa shape index (κ2) is 6.72. The third kappa shape index (κ3) is 3.43. The van der Waals surface area contributed by atoms with E-state index in [4.69, 9.17) is 4.74 Å². The topological polar surface area (TPSA) is 24.5 Å². The van der Waals surface area contributed by atoms with Crippen LogP contribution in [0.4, 0.5) is 0 Å². The molecule has 0 spiro atoms. The van der Waals surface area contributed by atoms with Crippen LogP contribution in [0.15, 0.2) is 0 Å². The molecule has 0 aliphatic carbocycles. The molecule has 2 aliphatic rings. The molecule has 3 nitrogen and oxygen atoms in total. The molecule has 0 bridgehead atoms. The molecule has 3 heteroatoms. The van der Waals surface area contributed by atoms with E-state index in [1.807, 2.05) is 0 Å². The molecular formula is C14H28N2O. The predicted molar refractivity (Wildman–Crippen MR) is 71.3 cm³/mol. The van der Waals surface area contributed by atoms with Gasteiger partial charge < -0.3 is 10.1 Å². The Morgan fingerprint density at radius 2 is 2.29 bits per heavy atom. The molecule has 100 valence electrons. The number of fused-ring (bicyclic) bond motifs is 1. The standard InChI is InChI=1S/C14H28N2O/c1-3-6-12(4-2)16-9-7-13-14(11-16)17-10-5-8-15-13/h12-15H,3-11H2,1-2H3/t12?,13-,14-/m1/s1. The van der Waals surface area contributed by atoms with Gasteiger partial charge in [0.25, 0.3) is 0 Å². The van der Waals surface area contributed by atoms with Gasteiger partial charge in [-0.2, -0.15) is 0 Å². The van der Waals surface area contributed by atoms with E-state index in [0.29, 0.717) is 12.1 Å². The molecule has 0 aromatic carbocycles. The number of rotatable bonds is 4. The van der Waals surface area contributed by atoms with Gasteiger partial charge in [-0.3, -0.25) is 4.90 Å². The van der Waals surface area contributed by atoms with Gasteiger partial charge in [0, 0.05) is 31.8 Å². The third-order valence-corrected chi connectivity index (χ3v) is 4.26. The average Bonchev–Trinajstić information content (AvgIpc) is 2.60. The van der Waals surface area contributed by atoms with Gasteiger partial charge in [-0.05, 0) is 32.2 Å². The maximum atomic E-state index is 6.01. The summed E-state index contributed by atoms with van der Waals surface area (Å²) < 4.78 is 6.01. The molecule has 1 unspecified atom stereocenters. The summed E-state index contributed by atoms with van der Waals surface area (Å²) in [5.41, 5.74) is 0. The van der Waals surface area contributed by atoms with Gasteiger partial charge in [0.15, 0.2) is 0 Å². The lowest BCUT2D eigenvalue weighted by Gasteiger charge is -2.41. The zero-order valence-electron chi connectivity index (χ0n) is 11.5. The molecule has 2 fully saturated rings. The highest BCUT2D eigenvalue weighted by molar-refractivity contribution is 4.89. The molecule has 0 amide bonds. The van der Waals surface area contributed by atoms with E-state index in [-0.39, 0.29) is 0 Å². The Kier molecular flexibility index (Phi) is 5.26. The SMILES string of the molecule is CCCC(CC)N1CC[C@H]2NCCCO[C@@H]2C1. The lowest BCUT2D eigenvalue weighted by Crippen LogP contribution is -2.55. The van der Waals surface area contributed by atoms with E-state index >= 15 is 0 Å². The fraction of sp³-hybridized carbons (Fsp3) is 1.00. The molecule has 0 aromatic heterocycles. The number of nitrogens with zero attached hydrogens (tertiary/aromatic N) is 1. The number of piperidine rings is 1. The van der Waals surface area contributed by atoms with Crippen LogP contribution in [0.1, 0.15) is 46.0 Å². The summed E-state index contributed by atoms with van der Waals surface area (Å²) in [6, 6.07) is 1.38. The Morgan fingerprint density at radius 3 is 3.06 bits per heavy atom. The minimum absolute atomic E-state index is 0.428. The van der Waals surface area contributed by atoms with Crippen molar-refractivity contribution < 1.29 is 4.74 Å². The molecule has 17 heavy (non-hydrogen) atoms. The first-order valence-corrected chi connectivity index (χ1v) is 7.44. The van der Waals surface area contributed by atoms with Crippen LogP contribution in [-0.2, 0) is 4.74 Å². The van der Waals surface area contributed by atoms with Gasteiger partial charge in [-0.25, -0.2) is 0 Å². The Bertz CT molecular complexity index is 222. The quantitative estimate of drug-likeness (QED) is 0.813. The fourth-order valence-electron chi connectivity index (χ4n) is 3.25. The molecule has 2 heterocycles. The molecule has 0 saturated carbocycles. The van der Waals surface area contributed by atoms with E-state index in [0.717, 1.165) is 25.7 Å². The molecule has 2 saturated heterocycles. The van der Waals surface area contributed by atoms with Crippen LogP contribution in [0, 0.1) is 0 Å². The number of ether oxygens (including phenoxy) is 1. The summed E-state index contributed by atoms with van der Waals surface area (Å²) in [5.74, 6) is 0. The highest BCUT2D eigenvalue weighted by atomic mass is 16.5. The first-order chi connectivity index (χ1) is 8.35.